The highest BCUT2D eigenvalue weighted by atomic mass is 16.5. The minimum atomic E-state index is -0.807. The zero-order valence-corrected chi connectivity index (χ0v) is 15.2. The van der Waals surface area contributed by atoms with Crippen LogP contribution in [-0.4, -0.2) is 20.6 Å². The number of nitrogens with zero attached hydrogens (tertiary/aromatic N) is 2. The largest absolute Gasteiger partial charge is 0.461 e. The summed E-state index contributed by atoms with van der Waals surface area (Å²) in [5.41, 5.74) is 3.84. The molecule has 0 radical (unpaired) electrons. The fourth-order valence-corrected chi connectivity index (χ4v) is 3.57. The van der Waals surface area contributed by atoms with Crippen molar-refractivity contribution in [1.29, 1.82) is 0 Å². The zero-order chi connectivity index (χ0) is 19.1. The Kier molecular flexibility index (Phi) is 4.28. The molecule has 1 N–H and O–H groups in total. The van der Waals surface area contributed by atoms with E-state index in [9.17, 15) is 14.7 Å². The van der Waals surface area contributed by atoms with Crippen molar-refractivity contribution in [2.45, 2.75) is 39.5 Å². The predicted octanol–water partition coefficient (Wildman–Crippen LogP) is 2.93. The third kappa shape index (κ3) is 2.92. The summed E-state index contributed by atoms with van der Waals surface area (Å²) in [5.74, 6) is -0.465. The Hall–Kier alpha value is -2.99. The number of hydrogen-bond acceptors (Lipinski definition) is 5. The van der Waals surface area contributed by atoms with Crippen LogP contribution in [0.25, 0.3) is 22.3 Å². The number of aromatic nitrogens is 2. The van der Waals surface area contributed by atoms with E-state index in [1.54, 1.807) is 4.57 Å². The molecular formula is C21H20N2O4. The second kappa shape index (κ2) is 6.63. The molecule has 1 aromatic carbocycles. The molecule has 0 fully saturated rings. The summed E-state index contributed by atoms with van der Waals surface area (Å²) in [6.45, 7) is 3.40. The highest BCUT2D eigenvalue weighted by molar-refractivity contribution is 5.84. The molecule has 27 heavy (non-hydrogen) atoms. The van der Waals surface area contributed by atoms with E-state index >= 15 is 0 Å². The molecule has 4 rings (SSSR count). The second-order valence-electron chi connectivity index (χ2n) is 6.75. The number of esters is 1. The van der Waals surface area contributed by atoms with Crippen molar-refractivity contribution in [1.82, 2.24) is 9.55 Å². The van der Waals surface area contributed by atoms with E-state index in [2.05, 4.69) is 0 Å². The molecule has 0 aliphatic carbocycles. The van der Waals surface area contributed by atoms with Gasteiger partial charge in [0.15, 0.2) is 0 Å². The smallest absolute Gasteiger partial charge is 0.302 e. The molecule has 1 aliphatic rings. The van der Waals surface area contributed by atoms with Crippen LogP contribution in [0.3, 0.4) is 0 Å². The molecule has 1 atom stereocenters. The van der Waals surface area contributed by atoms with Crippen LogP contribution in [0.4, 0.5) is 0 Å². The van der Waals surface area contributed by atoms with E-state index < -0.39 is 12.1 Å². The number of fused-ring (bicyclic) bond motifs is 4. The first-order valence-electron chi connectivity index (χ1n) is 8.96. The van der Waals surface area contributed by atoms with E-state index in [-0.39, 0.29) is 12.2 Å². The third-order valence-corrected chi connectivity index (χ3v) is 4.97. The summed E-state index contributed by atoms with van der Waals surface area (Å²) in [6.07, 6.45) is -0.354. The van der Waals surface area contributed by atoms with Crippen molar-refractivity contribution in [3.63, 3.8) is 0 Å². The molecule has 6 heteroatoms. The van der Waals surface area contributed by atoms with E-state index in [0.717, 1.165) is 22.2 Å². The summed E-state index contributed by atoms with van der Waals surface area (Å²) in [6, 6.07) is 11.7. The van der Waals surface area contributed by atoms with Gasteiger partial charge in [-0.2, -0.15) is 0 Å². The second-order valence-corrected chi connectivity index (χ2v) is 6.75. The summed E-state index contributed by atoms with van der Waals surface area (Å²) < 4.78 is 6.71. The highest BCUT2D eigenvalue weighted by Crippen LogP contribution is 2.34. The molecule has 2 aromatic heterocycles. The first kappa shape index (κ1) is 17.4. The van der Waals surface area contributed by atoms with Crippen molar-refractivity contribution in [3.8, 4) is 11.4 Å². The Labute approximate surface area is 156 Å². The Balaban J connectivity index is 1.92. The van der Waals surface area contributed by atoms with Gasteiger partial charge >= 0.3 is 5.97 Å². The SMILES string of the molecule is CC[C@H](O)c1cc2n(c(=O)c1COC(C)=O)Cc1cc3ccccc3nc1-2. The number of aliphatic hydroxyl groups is 1. The van der Waals surface area contributed by atoms with Crippen LogP contribution in [0.1, 0.15) is 43.1 Å². The quantitative estimate of drug-likeness (QED) is 0.563. The number of carbonyl (C=O) groups excluding carboxylic acids is 1. The maximum Gasteiger partial charge on any atom is 0.302 e. The number of para-hydroxylation sites is 1. The fraction of sp³-hybridized carbons (Fsp3) is 0.286. The molecule has 138 valence electrons. The van der Waals surface area contributed by atoms with E-state index in [1.165, 1.54) is 6.92 Å². The van der Waals surface area contributed by atoms with Gasteiger partial charge < -0.3 is 14.4 Å². The van der Waals surface area contributed by atoms with Crippen LogP contribution in [0, 0.1) is 0 Å². The lowest BCUT2D eigenvalue weighted by molar-refractivity contribution is -0.142. The average molecular weight is 364 g/mol. The lowest BCUT2D eigenvalue weighted by Gasteiger charge is -2.16. The van der Waals surface area contributed by atoms with Gasteiger partial charge in [-0.25, -0.2) is 4.98 Å². The maximum absolute atomic E-state index is 13.1. The molecule has 1 aliphatic heterocycles. The molecule has 0 bridgehead atoms. The van der Waals surface area contributed by atoms with Gasteiger partial charge in [0.25, 0.3) is 5.56 Å². The lowest BCUT2D eigenvalue weighted by Crippen LogP contribution is -2.26. The van der Waals surface area contributed by atoms with Crippen LogP contribution in [0.2, 0.25) is 0 Å². The van der Waals surface area contributed by atoms with E-state index in [4.69, 9.17) is 9.72 Å². The normalized spacial score (nSPS) is 13.3. The molecular weight excluding hydrogens is 344 g/mol. The number of hydrogen-bond donors (Lipinski definition) is 1. The fourth-order valence-electron chi connectivity index (χ4n) is 3.57. The molecule has 6 nitrogen and oxygen atoms in total. The standard InChI is InChI=1S/C21H20N2O4/c1-3-19(25)15-9-18-20-14(8-13-6-4-5-7-17(13)22-20)10-23(18)21(26)16(15)11-27-12(2)24/h4-9,19,25H,3,10-11H2,1-2H3/t19-/m0/s1. The number of ether oxygens (including phenoxy) is 1. The Morgan fingerprint density at radius 2 is 2.11 bits per heavy atom. The molecule has 0 amide bonds. The molecule has 0 saturated carbocycles. The number of rotatable bonds is 4. The van der Waals surface area contributed by atoms with Gasteiger partial charge in [-0.15, -0.1) is 0 Å². The molecule has 3 aromatic rings. The monoisotopic (exact) mass is 364 g/mol. The molecule has 0 saturated heterocycles. The summed E-state index contributed by atoms with van der Waals surface area (Å²) in [5, 5.41) is 11.5. The minimum absolute atomic E-state index is 0.146. The van der Waals surface area contributed by atoms with Gasteiger partial charge in [-0.05, 0) is 30.2 Å². The van der Waals surface area contributed by atoms with Gasteiger partial charge in [-0.3, -0.25) is 9.59 Å². The molecule has 3 heterocycles. The van der Waals surface area contributed by atoms with Crippen LogP contribution in [0.15, 0.2) is 41.2 Å². The zero-order valence-electron chi connectivity index (χ0n) is 15.2. The molecule has 0 spiro atoms. The maximum atomic E-state index is 13.1. The van der Waals surface area contributed by atoms with Crippen molar-refractivity contribution < 1.29 is 14.6 Å². The number of benzene rings is 1. The minimum Gasteiger partial charge on any atom is -0.461 e. The van der Waals surface area contributed by atoms with Crippen LogP contribution >= 0.6 is 0 Å². The Morgan fingerprint density at radius 1 is 1.33 bits per heavy atom. The topological polar surface area (TPSA) is 81.4 Å². The number of aliphatic hydroxyl groups excluding tert-OH is 1. The van der Waals surface area contributed by atoms with E-state index in [0.29, 0.717) is 29.8 Å². The average Bonchev–Trinajstić information content (AvgIpc) is 3.02. The first-order valence-corrected chi connectivity index (χ1v) is 8.96. The van der Waals surface area contributed by atoms with Gasteiger partial charge in [-0.1, -0.05) is 25.1 Å². The Morgan fingerprint density at radius 3 is 2.85 bits per heavy atom. The number of pyridine rings is 2. The van der Waals surface area contributed by atoms with Crippen LogP contribution in [-0.2, 0) is 22.7 Å². The predicted molar refractivity (Wildman–Crippen MR) is 101 cm³/mol. The third-order valence-electron chi connectivity index (χ3n) is 4.97. The highest BCUT2D eigenvalue weighted by Gasteiger charge is 2.27. The number of carbonyl (C=O) groups is 1. The van der Waals surface area contributed by atoms with Gasteiger partial charge in [0.2, 0.25) is 0 Å². The van der Waals surface area contributed by atoms with Crippen molar-refractivity contribution in [3.05, 3.63) is 63.4 Å². The molecule has 0 unspecified atom stereocenters. The van der Waals surface area contributed by atoms with Gasteiger partial charge in [0.1, 0.15) is 6.61 Å². The first-order chi connectivity index (χ1) is 13.0. The van der Waals surface area contributed by atoms with Gasteiger partial charge in [0.05, 0.1) is 35.1 Å². The van der Waals surface area contributed by atoms with Crippen molar-refractivity contribution in [2.75, 3.05) is 0 Å². The summed E-state index contributed by atoms with van der Waals surface area (Å²) in [4.78, 5) is 29.1. The van der Waals surface area contributed by atoms with Crippen molar-refractivity contribution >= 4 is 16.9 Å². The van der Waals surface area contributed by atoms with Crippen LogP contribution < -0.4 is 5.56 Å². The van der Waals surface area contributed by atoms with E-state index in [1.807, 2.05) is 43.3 Å². The van der Waals surface area contributed by atoms with Crippen LogP contribution in [0.5, 0.6) is 0 Å². The van der Waals surface area contributed by atoms with Gasteiger partial charge in [0, 0.05) is 17.9 Å². The summed E-state index contributed by atoms with van der Waals surface area (Å²) >= 11 is 0. The van der Waals surface area contributed by atoms with Crippen molar-refractivity contribution in [2.24, 2.45) is 0 Å². The Bertz CT molecular complexity index is 1120. The lowest BCUT2D eigenvalue weighted by atomic mass is 10.0. The summed E-state index contributed by atoms with van der Waals surface area (Å²) in [7, 11) is 0.